The third kappa shape index (κ3) is 4.15. The molecule has 0 atom stereocenters. The van der Waals surface area contributed by atoms with Crippen molar-refractivity contribution in [2.24, 2.45) is 5.92 Å². The summed E-state index contributed by atoms with van der Waals surface area (Å²) in [5.74, 6) is 0.106. The largest absolute Gasteiger partial charge is 0.355 e. The van der Waals surface area contributed by atoms with Crippen molar-refractivity contribution in [2.45, 2.75) is 4.21 Å². The number of rotatable bonds is 6. The Hall–Kier alpha value is -0.670. The van der Waals surface area contributed by atoms with Crippen molar-refractivity contribution < 1.29 is 13.2 Å². The number of amides is 1. The highest BCUT2D eigenvalue weighted by atomic mass is 35.5. The number of hydrogen-bond donors (Lipinski definition) is 3. The fraction of sp³-hybridized carbons (Fsp3) is 0.500. The molecule has 1 saturated heterocycles. The summed E-state index contributed by atoms with van der Waals surface area (Å²) in [6.45, 7) is 2.08. The van der Waals surface area contributed by atoms with Crippen LogP contribution in [0.1, 0.15) is 0 Å². The minimum atomic E-state index is -3.65. The lowest BCUT2D eigenvalue weighted by atomic mass is 10.0. The Morgan fingerprint density at radius 1 is 1.47 bits per heavy atom. The molecule has 1 aliphatic rings. The van der Waals surface area contributed by atoms with E-state index in [0.717, 1.165) is 24.4 Å². The Morgan fingerprint density at radius 3 is 2.74 bits per heavy atom. The van der Waals surface area contributed by atoms with Gasteiger partial charge in [0.05, 0.1) is 10.9 Å². The van der Waals surface area contributed by atoms with E-state index in [-0.39, 0.29) is 16.7 Å². The van der Waals surface area contributed by atoms with Gasteiger partial charge in [-0.2, -0.15) is 0 Å². The van der Waals surface area contributed by atoms with Crippen molar-refractivity contribution in [1.82, 2.24) is 15.4 Å². The number of sulfonamides is 1. The predicted molar refractivity (Wildman–Crippen MR) is 73.9 cm³/mol. The molecular formula is C10H14ClN3O3S2. The molecule has 3 N–H and O–H groups in total. The molecular weight excluding hydrogens is 310 g/mol. The highest BCUT2D eigenvalue weighted by molar-refractivity contribution is 7.91. The van der Waals surface area contributed by atoms with E-state index in [9.17, 15) is 13.2 Å². The van der Waals surface area contributed by atoms with Crippen molar-refractivity contribution in [1.29, 1.82) is 0 Å². The van der Waals surface area contributed by atoms with Gasteiger partial charge in [-0.25, -0.2) is 13.1 Å². The molecule has 2 heterocycles. The quantitative estimate of drug-likeness (QED) is 0.688. The molecule has 9 heteroatoms. The van der Waals surface area contributed by atoms with Gasteiger partial charge in [0.1, 0.15) is 4.21 Å². The van der Waals surface area contributed by atoms with Gasteiger partial charge >= 0.3 is 0 Å². The molecule has 1 fully saturated rings. The Labute approximate surface area is 120 Å². The molecule has 106 valence electrons. The molecule has 1 aromatic rings. The molecule has 1 aliphatic heterocycles. The lowest BCUT2D eigenvalue weighted by Crippen LogP contribution is -2.49. The van der Waals surface area contributed by atoms with Gasteiger partial charge in [0.15, 0.2) is 0 Å². The molecule has 1 amide bonds. The SMILES string of the molecule is O=C(CNS(=O)(=O)c1ccc(Cl)s1)NCC1CNC1. The second-order valence-corrected chi connectivity index (χ2v) is 7.92. The lowest BCUT2D eigenvalue weighted by molar-refractivity contribution is -0.120. The Morgan fingerprint density at radius 2 is 2.21 bits per heavy atom. The summed E-state index contributed by atoms with van der Waals surface area (Å²) in [5.41, 5.74) is 0. The number of nitrogens with one attached hydrogen (secondary N) is 3. The highest BCUT2D eigenvalue weighted by Gasteiger charge is 2.19. The van der Waals surface area contributed by atoms with Crippen LogP contribution in [0.25, 0.3) is 0 Å². The molecule has 2 rings (SSSR count). The van der Waals surface area contributed by atoms with Crippen LogP contribution in [0.3, 0.4) is 0 Å². The van der Waals surface area contributed by atoms with E-state index in [1.165, 1.54) is 12.1 Å². The number of carbonyl (C=O) groups is 1. The third-order valence-corrected chi connectivity index (χ3v) is 5.81. The minimum Gasteiger partial charge on any atom is -0.355 e. The first-order chi connectivity index (χ1) is 8.97. The molecule has 0 aromatic carbocycles. The van der Waals surface area contributed by atoms with E-state index in [1.54, 1.807) is 0 Å². The van der Waals surface area contributed by atoms with Crippen molar-refractivity contribution in [3.63, 3.8) is 0 Å². The van der Waals surface area contributed by atoms with Crippen molar-refractivity contribution >= 4 is 38.9 Å². The molecule has 0 saturated carbocycles. The summed E-state index contributed by atoms with van der Waals surface area (Å²) in [7, 11) is -3.65. The molecule has 0 aliphatic carbocycles. The van der Waals surface area contributed by atoms with Crippen LogP contribution in [0.5, 0.6) is 0 Å². The molecule has 0 radical (unpaired) electrons. The van der Waals surface area contributed by atoms with Crippen LogP contribution in [0.4, 0.5) is 0 Å². The first-order valence-electron chi connectivity index (χ1n) is 5.70. The second-order valence-electron chi connectivity index (χ2n) is 4.21. The maximum atomic E-state index is 11.8. The summed E-state index contributed by atoms with van der Waals surface area (Å²) in [5, 5.41) is 5.78. The van der Waals surface area contributed by atoms with Gasteiger partial charge in [-0.1, -0.05) is 11.6 Å². The van der Waals surface area contributed by atoms with Gasteiger partial charge in [-0.05, 0) is 12.1 Å². The monoisotopic (exact) mass is 323 g/mol. The average Bonchev–Trinajstić information content (AvgIpc) is 2.72. The van der Waals surface area contributed by atoms with Crippen molar-refractivity contribution in [3.05, 3.63) is 16.5 Å². The minimum absolute atomic E-state index is 0.105. The molecule has 19 heavy (non-hydrogen) atoms. The number of thiophene rings is 1. The summed E-state index contributed by atoms with van der Waals surface area (Å²) in [4.78, 5) is 11.5. The maximum absolute atomic E-state index is 11.8. The van der Waals surface area contributed by atoms with Crippen LogP contribution < -0.4 is 15.4 Å². The lowest BCUT2D eigenvalue weighted by Gasteiger charge is -2.27. The summed E-state index contributed by atoms with van der Waals surface area (Å²) < 4.78 is 26.4. The number of carbonyl (C=O) groups excluding carboxylic acids is 1. The van der Waals surface area contributed by atoms with Gasteiger partial charge in [-0.15, -0.1) is 11.3 Å². The standard InChI is InChI=1S/C10H14ClN3O3S2/c11-8-1-2-10(18-8)19(16,17)14-6-9(15)13-5-7-3-12-4-7/h1-2,7,12,14H,3-6H2,(H,13,15). The summed E-state index contributed by atoms with van der Waals surface area (Å²) >= 11 is 6.63. The van der Waals surface area contributed by atoms with Crippen LogP contribution in [0, 0.1) is 5.92 Å². The molecule has 0 unspecified atom stereocenters. The van der Waals surface area contributed by atoms with Crippen molar-refractivity contribution in [2.75, 3.05) is 26.2 Å². The smallest absolute Gasteiger partial charge is 0.250 e. The second kappa shape index (κ2) is 6.19. The summed E-state index contributed by atoms with van der Waals surface area (Å²) in [6, 6.07) is 2.91. The predicted octanol–water partition coefficient (Wildman–Crippen LogP) is 0.0154. The highest BCUT2D eigenvalue weighted by Crippen LogP contribution is 2.25. The van der Waals surface area contributed by atoms with Crippen LogP contribution in [-0.4, -0.2) is 40.5 Å². The zero-order valence-electron chi connectivity index (χ0n) is 9.98. The van der Waals surface area contributed by atoms with E-state index in [1.807, 2.05) is 0 Å². The van der Waals surface area contributed by atoms with Gasteiger partial charge in [0.25, 0.3) is 10.0 Å². The van der Waals surface area contributed by atoms with E-state index >= 15 is 0 Å². The Kier molecular flexibility index (Phi) is 4.80. The van der Waals surface area contributed by atoms with E-state index in [2.05, 4.69) is 15.4 Å². The van der Waals surface area contributed by atoms with Gasteiger partial charge in [0, 0.05) is 25.6 Å². The third-order valence-electron chi connectivity index (χ3n) is 2.69. The molecule has 6 nitrogen and oxygen atoms in total. The normalized spacial score (nSPS) is 16.1. The maximum Gasteiger partial charge on any atom is 0.250 e. The fourth-order valence-electron chi connectivity index (χ4n) is 1.49. The zero-order valence-corrected chi connectivity index (χ0v) is 12.4. The Bertz CT molecular complexity index is 554. The number of hydrogen-bond acceptors (Lipinski definition) is 5. The molecule has 0 bridgehead atoms. The van der Waals surface area contributed by atoms with Gasteiger partial charge in [-0.3, -0.25) is 4.79 Å². The topological polar surface area (TPSA) is 87.3 Å². The van der Waals surface area contributed by atoms with Crippen LogP contribution in [0.2, 0.25) is 4.34 Å². The van der Waals surface area contributed by atoms with Gasteiger partial charge < -0.3 is 10.6 Å². The fourth-order valence-corrected chi connectivity index (χ4v) is 4.00. The van der Waals surface area contributed by atoms with E-state index < -0.39 is 10.0 Å². The zero-order chi connectivity index (χ0) is 13.9. The molecule has 0 spiro atoms. The number of halogens is 1. The first kappa shape index (κ1) is 14.7. The van der Waals surface area contributed by atoms with E-state index in [4.69, 9.17) is 11.6 Å². The Balaban J connectivity index is 1.78. The average molecular weight is 324 g/mol. The first-order valence-corrected chi connectivity index (χ1v) is 8.37. The summed E-state index contributed by atoms with van der Waals surface area (Å²) in [6.07, 6.45) is 0. The van der Waals surface area contributed by atoms with E-state index in [0.29, 0.717) is 16.8 Å². The van der Waals surface area contributed by atoms with Crippen LogP contribution in [-0.2, 0) is 14.8 Å². The van der Waals surface area contributed by atoms with Crippen LogP contribution in [0.15, 0.2) is 16.3 Å². The van der Waals surface area contributed by atoms with Crippen molar-refractivity contribution in [3.8, 4) is 0 Å². The van der Waals surface area contributed by atoms with Crippen LogP contribution >= 0.6 is 22.9 Å². The molecule has 1 aromatic heterocycles. The van der Waals surface area contributed by atoms with Gasteiger partial charge in [0.2, 0.25) is 5.91 Å².